The van der Waals surface area contributed by atoms with E-state index in [2.05, 4.69) is 46.2 Å². The van der Waals surface area contributed by atoms with Gasteiger partial charge in [0.2, 0.25) is 0 Å². The van der Waals surface area contributed by atoms with Crippen molar-refractivity contribution < 1.29 is 4.79 Å². The fraction of sp³-hybridized carbons (Fsp3) is 0.316. The highest BCUT2D eigenvalue weighted by molar-refractivity contribution is 9.10. The van der Waals surface area contributed by atoms with Crippen LogP contribution in [0.1, 0.15) is 40.9 Å². The molecule has 0 bridgehead atoms. The minimum atomic E-state index is -0.0117. The van der Waals surface area contributed by atoms with Gasteiger partial charge in [0.15, 0.2) is 0 Å². The molecule has 5 heterocycles. The molecule has 142 valence electrons. The molecular weight excluding hydrogens is 422 g/mol. The average molecular weight is 440 g/mol. The molecule has 0 unspecified atom stereocenters. The summed E-state index contributed by atoms with van der Waals surface area (Å²) in [4.78, 5) is 35.4. The summed E-state index contributed by atoms with van der Waals surface area (Å²) in [5.41, 5.74) is 3.27. The van der Waals surface area contributed by atoms with E-state index >= 15 is 0 Å². The van der Waals surface area contributed by atoms with Gasteiger partial charge in [-0.3, -0.25) is 9.79 Å². The lowest BCUT2D eigenvalue weighted by molar-refractivity contribution is 0.0718. The van der Waals surface area contributed by atoms with Gasteiger partial charge < -0.3 is 15.2 Å². The van der Waals surface area contributed by atoms with Crippen molar-refractivity contribution in [3.63, 3.8) is 0 Å². The molecule has 5 rings (SSSR count). The van der Waals surface area contributed by atoms with Crippen LogP contribution in [0.2, 0.25) is 0 Å². The molecule has 3 aromatic rings. The van der Waals surface area contributed by atoms with Gasteiger partial charge >= 0.3 is 0 Å². The van der Waals surface area contributed by atoms with Gasteiger partial charge in [-0.2, -0.15) is 0 Å². The Labute approximate surface area is 169 Å². The van der Waals surface area contributed by atoms with Gasteiger partial charge in [-0.05, 0) is 41.3 Å². The number of carbonyl (C=O) groups is 1. The molecule has 8 nitrogen and oxygen atoms in total. The SMILES string of the molecule is O=C(c1[nH]c2ncnc(Nc3cc4c(cn3)CN=C4)c2c1Br)N1CCCCC1. The molecule has 1 saturated heterocycles. The Balaban J connectivity index is 1.51. The van der Waals surface area contributed by atoms with Crippen molar-refractivity contribution in [2.75, 3.05) is 18.4 Å². The zero-order valence-electron chi connectivity index (χ0n) is 15.1. The lowest BCUT2D eigenvalue weighted by Gasteiger charge is -2.26. The molecule has 0 aliphatic carbocycles. The van der Waals surface area contributed by atoms with Crippen molar-refractivity contribution in [1.82, 2.24) is 24.8 Å². The van der Waals surface area contributed by atoms with Crippen LogP contribution in [-0.4, -0.2) is 50.0 Å². The Hall–Kier alpha value is -2.81. The van der Waals surface area contributed by atoms with Crippen LogP contribution in [0.25, 0.3) is 11.0 Å². The molecule has 0 saturated carbocycles. The van der Waals surface area contributed by atoms with Crippen molar-refractivity contribution in [2.24, 2.45) is 4.99 Å². The lowest BCUT2D eigenvalue weighted by Crippen LogP contribution is -2.35. The van der Waals surface area contributed by atoms with Gasteiger partial charge in [-0.15, -0.1) is 0 Å². The number of rotatable bonds is 3. The predicted molar refractivity (Wildman–Crippen MR) is 110 cm³/mol. The van der Waals surface area contributed by atoms with Crippen molar-refractivity contribution in [2.45, 2.75) is 25.8 Å². The molecule has 2 aliphatic rings. The Morgan fingerprint density at radius 2 is 2.04 bits per heavy atom. The largest absolute Gasteiger partial charge is 0.337 e. The van der Waals surface area contributed by atoms with Gasteiger partial charge in [-0.1, -0.05) is 0 Å². The summed E-state index contributed by atoms with van der Waals surface area (Å²) in [7, 11) is 0. The number of fused-ring (bicyclic) bond motifs is 2. The van der Waals surface area contributed by atoms with Gasteiger partial charge in [0.25, 0.3) is 5.91 Å². The molecule has 9 heteroatoms. The molecule has 2 aliphatic heterocycles. The number of hydrogen-bond acceptors (Lipinski definition) is 6. The van der Waals surface area contributed by atoms with E-state index in [0.29, 0.717) is 34.0 Å². The summed E-state index contributed by atoms with van der Waals surface area (Å²) in [5, 5.41) is 3.99. The summed E-state index contributed by atoms with van der Waals surface area (Å²) in [6.07, 6.45) is 8.40. The van der Waals surface area contributed by atoms with E-state index in [1.807, 2.05) is 23.4 Å². The highest BCUT2D eigenvalue weighted by atomic mass is 79.9. The fourth-order valence-electron chi connectivity index (χ4n) is 3.67. The summed E-state index contributed by atoms with van der Waals surface area (Å²) in [5.74, 6) is 1.25. The molecule has 1 fully saturated rings. The molecule has 28 heavy (non-hydrogen) atoms. The Morgan fingerprint density at radius 1 is 1.18 bits per heavy atom. The number of carbonyl (C=O) groups excluding carboxylic acids is 1. The first-order chi connectivity index (χ1) is 13.7. The summed E-state index contributed by atoms with van der Waals surface area (Å²) >= 11 is 3.59. The standard InChI is InChI=1S/C19H18BrN7O/c20-15-14-17(25-13-6-11-7-21-8-12(11)9-22-13)23-10-24-18(14)26-16(15)19(28)27-4-2-1-3-5-27/h6-7,9-10H,1-5,8H2,(H2,22,23,24,25,26). The highest BCUT2D eigenvalue weighted by Crippen LogP contribution is 2.33. The normalized spacial score (nSPS) is 15.8. The van der Waals surface area contributed by atoms with Crippen LogP contribution in [0.4, 0.5) is 11.6 Å². The summed E-state index contributed by atoms with van der Waals surface area (Å²) in [6.45, 7) is 2.25. The van der Waals surface area contributed by atoms with Gasteiger partial charge in [0, 0.05) is 36.6 Å². The van der Waals surface area contributed by atoms with Crippen LogP contribution in [0.15, 0.2) is 28.1 Å². The Bertz CT molecular complexity index is 1100. The third-order valence-electron chi connectivity index (χ3n) is 5.15. The van der Waals surface area contributed by atoms with E-state index in [0.717, 1.165) is 42.4 Å². The number of aromatic amines is 1. The number of nitrogens with zero attached hydrogens (tertiary/aromatic N) is 5. The quantitative estimate of drug-likeness (QED) is 0.651. The van der Waals surface area contributed by atoms with E-state index in [4.69, 9.17) is 0 Å². The molecule has 2 N–H and O–H groups in total. The van der Waals surface area contributed by atoms with E-state index in [9.17, 15) is 4.79 Å². The van der Waals surface area contributed by atoms with Crippen LogP contribution in [0, 0.1) is 0 Å². The third kappa shape index (κ3) is 2.95. The number of anilines is 2. The summed E-state index contributed by atoms with van der Waals surface area (Å²) < 4.78 is 0.670. The van der Waals surface area contributed by atoms with E-state index in [1.165, 1.54) is 12.7 Å². The van der Waals surface area contributed by atoms with Crippen molar-refractivity contribution in [3.05, 3.63) is 39.9 Å². The molecule has 0 radical (unpaired) electrons. The number of amides is 1. The minimum Gasteiger partial charge on any atom is -0.337 e. The number of hydrogen-bond donors (Lipinski definition) is 2. The molecule has 0 atom stereocenters. The Kier molecular flexibility index (Phi) is 4.31. The zero-order valence-corrected chi connectivity index (χ0v) is 16.7. The average Bonchev–Trinajstić information content (AvgIpc) is 3.33. The Morgan fingerprint density at radius 3 is 2.89 bits per heavy atom. The zero-order chi connectivity index (χ0) is 19.1. The van der Waals surface area contributed by atoms with Crippen LogP contribution < -0.4 is 5.32 Å². The first kappa shape index (κ1) is 17.3. The van der Waals surface area contributed by atoms with Crippen LogP contribution >= 0.6 is 15.9 Å². The number of halogens is 1. The van der Waals surface area contributed by atoms with Crippen molar-refractivity contribution in [3.8, 4) is 0 Å². The summed E-state index contributed by atoms with van der Waals surface area (Å²) in [6, 6.07) is 1.94. The number of aliphatic imine (C=N–C) groups is 1. The maximum absolute atomic E-state index is 13.0. The first-order valence-corrected chi connectivity index (χ1v) is 10.1. The van der Waals surface area contributed by atoms with Crippen LogP contribution in [-0.2, 0) is 6.54 Å². The maximum atomic E-state index is 13.0. The lowest BCUT2D eigenvalue weighted by atomic mass is 10.1. The number of nitrogens with one attached hydrogen (secondary N) is 2. The first-order valence-electron chi connectivity index (χ1n) is 9.28. The van der Waals surface area contributed by atoms with E-state index in [1.54, 1.807) is 0 Å². The maximum Gasteiger partial charge on any atom is 0.271 e. The predicted octanol–water partition coefficient (Wildman–Crippen LogP) is 3.42. The second-order valence-electron chi connectivity index (χ2n) is 6.98. The molecule has 3 aromatic heterocycles. The fourth-order valence-corrected chi connectivity index (χ4v) is 4.31. The van der Waals surface area contributed by atoms with Crippen molar-refractivity contribution in [1.29, 1.82) is 0 Å². The minimum absolute atomic E-state index is 0.0117. The number of aromatic nitrogens is 4. The van der Waals surface area contributed by atoms with Gasteiger partial charge in [0.1, 0.15) is 29.3 Å². The number of H-pyrrole nitrogens is 1. The molecule has 0 aromatic carbocycles. The number of likely N-dealkylation sites (tertiary alicyclic amines) is 1. The molecule has 0 spiro atoms. The number of pyridine rings is 1. The van der Waals surface area contributed by atoms with E-state index < -0.39 is 0 Å². The molecule has 1 amide bonds. The van der Waals surface area contributed by atoms with Gasteiger partial charge in [-0.25, -0.2) is 15.0 Å². The highest BCUT2D eigenvalue weighted by Gasteiger charge is 2.25. The van der Waals surface area contributed by atoms with Crippen LogP contribution in [0.5, 0.6) is 0 Å². The van der Waals surface area contributed by atoms with Crippen molar-refractivity contribution >= 4 is 50.7 Å². The van der Waals surface area contributed by atoms with E-state index in [-0.39, 0.29) is 5.91 Å². The number of piperidine rings is 1. The third-order valence-corrected chi connectivity index (χ3v) is 5.94. The topological polar surface area (TPSA) is 99.2 Å². The van der Waals surface area contributed by atoms with Crippen LogP contribution in [0.3, 0.4) is 0 Å². The van der Waals surface area contributed by atoms with Gasteiger partial charge in [0.05, 0.1) is 16.4 Å². The molecular formula is C19H18BrN7O. The second-order valence-corrected chi connectivity index (χ2v) is 7.77. The smallest absolute Gasteiger partial charge is 0.271 e. The monoisotopic (exact) mass is 439 g/mol. The second kappa shape index (κ2) is 6.97.